The molecule has 0 aromatic heterocycles. The fraction of sp³-hybridized carbons (Fsp3) is 0.900. The van der Waals surface area contributed by atoms with Gasteiger partial charge in [-0.15, -0.1) is 0 Å². The molecule has 5 nitrogen and oxygen atoms in total. The molecule has 1 aliphatic heterocycles. The summed E-state index contributed by atoms with van der Waals surface area (Å²) in [6.45, 7) is 5.11. The molecule has 0 aliphatic carbocycles. The number of ether oxygens (including phenoxy) is 1. The highest BCUT2D eigenvalue weighted by Gasteiger charge is 2.31. The monoisotopic (exact) mass is 216 g/mol. The Morgan fingerprint density at radius 1 is 1.60 bits per heavy atom. The van der Waals surface area contributed by atoms with Crippen molar-refractivity contribution in [2.75, 3.05) is 26.4 Å². The average molecular weight is 216 g/mol. The zero-order valence-corrected chi connectivity index (χ0v) is 9.32. The highest BCUT2D eigenvalue weighted by atomic mass is 16.5. The predicted octanol–water partition coefficient (Wildman–Crippen LogP) is -0.905. The Kier molecular flexibility index (Phi) is 4.07. The van der Waals surface area contributed by atoms with Gasteiger partial charge in [0.1, 0.15) is 0 Å². The van der Waals surface area contributed by atoms with Crippen molar-refractivity contribution in [2.45, 2.75) is 19.9 Å². The molecule has 1 amide bonds. The van der Waals surface area contributed by atoms with Crippen molar-refractivity contribution in [1.29, 1.82) is 0 Å². The van der Waals surface area contributed by atoms with Gasteiger partial charge in [-0.2, -0.15) is 0 Å². The summed E-state index contributed by atoms with van der Waals surface area (Å²) >= 11 is 0. The Bertz CT molecular complexity index is 231. The van der Waals surface area contributed by atoms with Crippen LogP contribution in [0.4, 0.5) is 0 Å². The van der Waals surface area contributed by atoms with E-state index in [-0.39, 0.29) is 29.9 Å². The highest BCUT2D eigenvalue weighted by molar-refractivity contribution is 5.79. The Morgan fingerprint density at radius 3 is 2.73 bits per heavy atom. The topological polar surface area (TPSA) is 84.6 Å². The van der Waals surface area contributed by atoms with Crippen molar-refractivity contribution in [3.8, 4) is 0 Å². The maximum absolute atomic E-state index is 11.7. The van der Waals surface area contributed by atoms with E-state index in [2.05, 4.69) is 5.32 Å². The SMILES string of the molecule is CC(C)(CO)CNC(=O)C1COCC1N. The molecule has 1 saturated heterocycles. The molecular formula is C10H20N2O3. The number of nitrogens with two attached hydrogens (primary N) is 1. The van der Waals surface area contributed by atoms with Crippen LogP contribution < -0.4 is 11.1 Å². The van der Waals surface area contributed by atoms with Gasteiger partial charge in [0.15, 0.2) is 0 Å². The number of aliphatic hydroxyl groups excluding tert-OH is 1. The van der Waals surface area contributed by atoms with Gasteiger partial charge in [-0.25, -0.2) is 0 Å². The molecule has 15 heavy (non-hydrogen) atoms. The van der Waals surface area contributed by atoms with Crippen molar-refractivity contribution in [1.82, 2.24) is 5.32 Å². The van der Waals surface area contributed by atoms with Gasteiger partial charge in [0, 0.05) is 24.6 Å². The lowest BCUT2D eigenvalue weighted by atomic mass is 9.94. The molecule has 4 N–H and O–H groups in total. The van der Waals surface area contributed by atoms with Crippen LogP contribution in [-0.2, 0) is 9.53 Å². The third kappa shape index (κ3) is 3.44. The second-order valence-electron chi connectivity index (χ2n) is 4.85. The molecule has 2 atom stereocenters. The van der Waals surface area contributed by atoms with Gasteiger partial charge in [0.2, 0.25) is 5.91 Å². The molecule has 0 saturated carbocycles. The number of carbonyl (C=O) groups is 1. The summed E-state index contributed by atoms with van der Waals surface area (Å²) in [5.74, 6) is -0.332. The number of hydrogen-bond donors (Lipinski definition) is 3. The van der Waals surface area contributed by atoms with E-state index in [1.807, 2.05) is 13.8 Å². The van der Waals surface area contributed by atoms with Crippen molar-refractivity contribution in [3.63, 3.8) is 0 Å². The standard InChI is InChI=1S/C10H20N2O3/c1-10(2,6-13)5-12-9(14)7-3-15-4-8(7)11/h7-8,13H,3-6,11H2,1-2H3,(H,12,14). The molecule has 0 aromatic carbocycles. The molecule has 88 valence electrons. The largest absolute Gasteiger partial charge is 0.396 e. The minimum absolute atomic E-state index is 0.0422. The fourth-order valence-corrected chi connectivity index (χ4v) is 1.35. The lowest BCUT2D eigenvalue weighted by molar-refractivity contribution is -0.125. The molecule has 0 bridgehead atoms. The third-order valence-corrected chi connectivity index (χ3v) is 2.63. The molecule has 1 heterocycles. The number of amides is 1. The van der Waals surface area contributed by atoms with Crippen molar-refractivity contribution >= 4 is 5.91 Å². The van der Waals surface area contributed by atoms with E-state index in [0.717, 1.165) is 0 Å². The summed E-state index contributed by atoms with van der Waals surface area (Å²) < 4.78 is 5.11. The zero-order valence-electron chi connectivity index (χ0n) is 9.32. The van der Waals surface area contributed by atoms with E-state index in [9.17, 15) is 4.79 Å². The average Bonchev–Trinajstić information content (AvgIpc) is 2.61. The van der Waals surface area contributed by atoms with Gasteiger partial charge in [-0.3, -0.25) is 4.79 Å². The summed E-state index contributed by atoms with van der Waals surface area (Å²) in [6.07, 6.45) is 0. The first kappa shape index (κ1) is 12.4. The van der Waals surface area contributed by atoms with Crippen LogP contribution in [0.2, 0.25) is 0 Å². The number of rotatable bonds is 4. The number of hydrogen-bond acceptors (Lipinski definition) is 4. The minimum Gasteiger partial charge on any atom is -0.396 e. The maximum atomic E-state index is 11.7. The molecule has 1 aliphatic rings. The third-order valence-electron chi connectivity index (χ3n) is 2.63. The molecular weight excluding hydrogens is 196 g/mol. The summed E-state index contributed by atoms with van der Waals surface area (Å²) in [5, 5.41) is 11.8. The van der Waals surface area contributed by atoms with Crippen LogP contribution in [0.15, 0.2) is 0 Å². The molecule has 1 fully saturated rings. The van der Waals surface area contributed by atoms with E-state index >= 15 is 0 Å². The lowest BCUT2D eigenvalue weighted by Crippen LogP contribution is -2.44. The summed E-state index contributed by atoms with van der Waals surface area (Å²) in [6, 6.07) is -0.206. The molecule has 2 unspecified atom stereocenters. The second-order valence-corrected chi connectivity index (χ2v) is 4.85. The Labute approximate surface area is 90.0 Å². The van der Waals surface area contributed by atoms with Crippen molar-refractivity contribution in [2.24, 2.45) is 17.1 Å². The Balaban J connectivity index is 2.36. The molecule has 0 radical (unpaired) electrons. The van der Waals surface area contributed by atoms with Gasteiger partial charge >= 0.3 is 0 Å². The van der Waals surface area contributed by atoms with Crippen LogP contribution in [0, 0.1) is 11.3 Å². The first-order chi connectivity index (χ1) is 6.96. The van der Waals surface area contributed by atoms with Gasteiger partial charge in [0.05, 0.1) is 19.1 Å². The molecule has 1 rings (SSSR count). The highest BCUT2D eigenvalue weighted by Crippen LogP contribution is 2.14. The van der Waals surface area contributed by atoms with E-state index in [1.165, 1.54) is 0 Å². The lowest BCUT2D eigenvalue weighted by Gasteiger charge is -2.23. The summed E-state index contributed by atoms with van der Waals surface area (Å²) in [5.41, 5.74) is 5.42. The van der Waals surface area contributed by atoms with Crippen LogP contribution in [0.5, 0.6) is 0 Å². The van der Waals surface area contributed by atoms with Gasteiger partial charge in [-0.1, -0.05) is 13.8 Å². The van der Waals surface area contributed by atoms with Crippen molar-refractivity contribution < 1.29 is 14.6 Å². The quantitative estimate of drug-likeness (QED) is 0.568. The van der Waals surface area contributed by atoms with Crippen LogP contribution >= 0.6 is 0 Å². The first-order valence-electron chi connectivity index (χ1n) is 5.18. The maximum Gasteiger partial charge on any atom is 0.227 e. The number of aliphatic hydroxyl groups is 1. The number of nitrogens with one attached hydrogen (secondary N) is 1. The minimum atomic E-state index is -0.292. The summed E-state index contributed by atoms with van der Waals surface area (Å²) in [7, 11) is 0. The predicted molar refractivity (Wildman–Crippen MR) is 56.2 cm³/mol. The number of carbonyl (C=O) groups excluding carboxylic acids is 1. The van der Waals surface area contributed by atoms with E-state index < -0.39 is 0 Å². The van der Waals surface area contributed by atoms with Crippen LogP contribution in [0.1, 0.15) is 13.8 Å². The summed E-state index contributed by atoms with van der Waals surface area (Å²) in [4.78, 5) is 11.7. The molecule has 5 heteroatoms. The van der Waals surface area contributed by atoms with Gasteiger partial charge in [0.25, 0.3) is 0 Å². The van der Waals surface area contributed by atoms with E-state index in [1.54, 1.807) is 0 Å². The fourth-order valence-electron chi connectivity index (χ4n) is 1.35. The smallest absolute Gasteiger partial charge is 0.227 e. The van der Waals surface area contributed by atoms with E-state index in [0.29, 0.717) is 19.8 Å². The molecule has 0 spiro atoms. The Hall–Kier alpha value is -0.650. The first-order valence-corrected chi connectivity index (χ1v) is 5.18. The zero-order chi connectivity index (χ0) is 11.5. The van der Waals surface area contributed by atoms with Crippen LogP contribution in [0.25, 0.3) is 0 Å². The second kappa shape index (κ2) is 4.92. The van der Waals surface area contributed by atoms with Crippen molar-refractivity contribution in [3.05, 3.63) is 0 Å². The van der Waals surface area contributed by atoms with Gasteiger partial charge in [-0.05, 0) is 0 Å². The van der Waals surface area contributed by atoms with Crippen LogP contribution in [0.3, 0.4) is 0 Å². The Morgan fingerprint density at radius 2 is 2.27 bits per heavy atom. The molecule has 0 aromatic rings. The van der Waals surface area contributed by atoms with E-state index in [4.69, 9.17) is 15.6 Å². The normalized spacial score (nSPS) is 26.7. The van der Waals surface area contributed by atoms with Gasteiger partial charge < -0.3 is 20.9 Å². The van der Waals surface area contributed by atoms with Crippen LogP contribution in [-0.4, -0.2) is 43.4 Å².